The van der Waals surface area contributed by atoms with Crippen LogP contribution >= 0.6 is 0 Å². The van der Waals surface area contributed by atoms with Crippen LogP contribution in [0.25, 0.3) is 0 Å². The molecule has 104 valence electrons. The van der Waals surface area contributed by atoms with Crippen LogP contribution in [0.15, 0.2) is 30.7 Å². The Kier molecular flexibility index (Phi) is 3.60. The van der Waals surface area contributed by atoms with Crippen LogP contribution < -0.4 is 5.32 Å². The minimum atomic E-state index is -0.594. The van der Waals surface area contributed by atoms with Gasteiger partial charge in [-0.25, -0.2) is 0 Å². The van der Waals surface area contributed by atoms with E-state index < -0.39 is 9.85 Å². The highest BCUT2D eigenvalue weighted by Crippen LogP contribution is 2.23. The molecule has 1 heterocycles. The molecule has 0 bridgehead atoms. The Hall–Kier alpha value is -2.97. The van der Waals surface area contributed by atoms with Crippen molar-refractivity contribution < 1.29 is 9.85 Å². The van der Waals surface area contributed by atoms with E-state index in [-0.39, 0.29) is 18.1 Å². The molecule has 0 aliphatic carbocycles. The molecule has 0 aliphatic heterocycles. The molecular formula is C11H11N5O4. The molecule has 1 aromatic carbocycles. The summed E-state index contributed by atoms with van der Waals surface area (Å²) in [4.78, 5) is 23.9. The van der Waals surface area contributed by atoms with Crippen molar-refractivity contribution in [3.05, 3.63) is 56.5 Å². The SMILES string of the molecule is CNc1ccc([N+](=O)[O-])cc1Cn1cnc([N+](=O)[O-])c1. The quantitative estimate of drug-likeness (QED) is 0.657. The Labute approximate surface area is 113 Å². The first-order chi connectivity index (χ1) is 9.51. The Morgan fingerprint density at radius 1 is 1.30 bits per heavy atom. The number of nitro groups is 2. The number of nitrogens with zero attached hydrogens (tertiary/aromatic N) is 4. The second kappa shape index (κ2) is 5.34. The fraction of sp³-hybridized carbons (Fsp3) is 0.182. The Morgan fingerprint density at radius 3 is 2.60 bits per heavy atom. The topological polar surface area (TPSA) is 116 Å². The number of benzene rings is 1. The average molecular weight is 277 g/mol. The van der Waals surface area contributed by atoms with E-state index in [1.165, 1.54) is 29.2 Å². The number of nitrogens with one attached hydrogen (secondary N) is 1. The molecular weight excluding hydrogens is 266 g/mol. The van der Waals surface area contributed by atoms with Crippen LogP contribution in [0.3, 0.4) is 0 Å². The molecule has 0 spiro atoms. The zero-order valence-corrected chi connectivity index (χ0v) is 10.5. The summed E-state index contributed by atoms with van der Waals surface area (Å²) >= 11 is 0. The smallest absolute Gasteiger partial charge is 0.381 e. The molecule has 2 aromatic rings. The van der Waals surface area contributed by atoms with Crippen LogP contribution in [0.4, 0.5) is 17.2 Å². The van der Waals surface area contributed by atoms with Gasteiger partial charge in [-0.15, -0.1) is 0 Å². The molecule has 1 aromatic heterocycles. The van der Waals surface area contributed by atoms with E-state index in [0.717, 1.165) is 0 Å². The molecule has 0 radical (unpaired) electrons. The van der Waals surface area contributed by atoms with Crippen LogP contribution in [0.2, 0.25) is 0 Å². The van der Waals surface area contributed by atoms with Crippen molar-refractivity contribution in [3.63, 3.8) is 0 Å². The van der Waals surface area contributed by atoms with Crippen LogP contribution in [0.5, 0.6) is 0 Å². The predicted molar refractivity (Wildman–Crippen MR) is 70.6 cm³/mol. The van der Waals surface area contributed by atoms with Gasteiger partial charge in [-0.2, -0.15) is 0 Å². The van der Waals surface area contributed by atoms with E-state index in [2.05, 4.69) is 10.3 Å². The average Bonchev–Trinajstić information content (AvgIpc) is 2.87. The molecule has 1 N–H and O–H groups in total. The lowest BCUT2D eigenvalue weighted by atomic mass is 10.1. The van der Waals surface area contributed by atoms with Gasteiger partial charge in [0.05, 0.1) is 11.5 Å². The van der Waals surface area contributed by atoms with Crippen molar-refractivity contribution in [1.29, 1.82) is 0 Å². The van der Waals surface area contributed by atoms with Gasteiger partial charge in [0.15, 0.2) is 0 Å². The summed E-state index contributed by atoms with van der Waals surface area (Å²) in [6.07, 6.45) is 2.59. The maximum absolute atomic E-state index is 10.8. The van der Waals surface area contributed by atoms with E-state index in [9.17, 15) is 20.2 Å². The highest BCUT2D eigenvalue weighted by atomic mass is 16.6. The minimum absolute atomic E-state index is 0.0337. The maximum atomic E-state index is 10.8. The standard InChI is InChI=1S/C11H11N5O4/c1-12-10-3-2-9(15(17)18)4-8(10)5-14-6-11(13-7-14)16(19)20/h2-4,6-7,12H,5H2,1H3. The second-order valence-electron chi connectivity index (χ2n) is 4.01. The Bertz CT molecular complexity index is 667. The van der Waals surface area contributed by atoms with Crippen molar-refractivity contribution in [2.45, 2.75) is 6.54 Å². The van der Waals surface area contributed by atoms with Crippen molar-refractivity contribution >= 4 is 17.2 Å². The third-order valence-electron chi connectivity index (χ3n) is 2.73. The molecule has 20 heavy (non-hydrogen) atoms. The molecule has 2 rings (SSSR count). The summed E-state index contributed by atoms with van der Waals surface area (Å²) < 4.78 is 1.50. The van der Waals surface area contributed by atoms with Gasteiger partial charge in [-0.05, 0) is 16.0 Å². The van der Waals surface area contributed by atoms with Gasteiger partial charge in [0.1, 0.15) is 6.20 Å². The first kappa shape index (κ1) is 13.5. The maximum Gasteiger partial charge on any atom is 0.381 e. The normalized spacial score (nSPS) is 10.2. The molecule has 9 nitrogen and oxygen atoms in total. The zero-order chi connectivity index (χ0) is 14.7. The largest absolute Gasteiger partial charge is 0.388 e. The van der Waals surface area contributed by atoms with Gasteiger partial charge in [0.2, 0.25) is 6.33 Å². The zero-order valence-electron chi connectivity index (χ0n) is 10.5. The van der Waals surface area contributed by atoms with Crippen LogP contribution in [-0.4, -0.2) is 26.4 Å². The lowest BCUT2D eigenvalue weighted by molar-refractivity contribution is -0.389. The summed E-state index contributed by atoms with van der Waals surface area (Å²) in [6, 6.07) is 4.42. The van der Waals surface area contributed by atoms with E-state index in [4.69, 9.17) is 0 Å². The van der Waals surface area contributed by atoms with Gasteiger partial charge in [0.25, 0.3) is 5.69 Å². The summed E-state index contributed by atoms with van der Waals surface area (Å²) in [5.41, 5.74) is 1.33. The summed E-state index contributed by atoms with van der Waals surface area (Å²) in [5.74, 6) is -0.263. The number of hydrogen-bond acceptors (Lipinski definition) is 6. The molecule has 0 unspecified atom stereocenters. The van der Waals surface area contributed by atoms with E-state index in [1.54, 1.807) is 13.1 Å². The molecule has 0 atom stereocenters. The highest BCUT2D eigenvalue weighted by molar-refractivity contribution is 5.55. The lowest BCUT2D eigenvalue weighted by Gasteiger charge is -2.08. The number of non-ortho nitro benzene ring substituents is 1. The minimum Gasteiger partial charge on any atom is -0.388 e. The molecule has 0 amide bonds. The van der Waals surface area contributed by atoms with Crippen molar-refractivity contribution in [2.75, 3.05) is 12.4 Å². The number of anilines is 1. The molecule has 0 saturated carbocycles. The molecule has 0 saturated heterocycles. The van der Waals surface area contributed by atoms with E-state index in [1.807, 2.05) is 0 Å². The first-order valence-corrected chi connectivity index (χ1v) is 5.62. The molecule has 0 aliphatic rings. The number of hydrogen-bond donors (Lipinski definition) is 1. The van der Waals surface area contributed by atoms with Crippen molar-refractivity contribution in [2.24, 2.45) is 0 Å². The lowest BCUT2D eigenvalue weighted by Crippen LogP contribution is -2.02. The first-order valence-electron chi connectivity index (χ1n) is 5.62. The predicted octanol–water partition coefficient (Wildman–Crippen LogP) is 1.79. The Morgan fingerprint density at radius 2 is 2.05 bits per heavy atom. The van der Waals surface area contributed by atoms with Crippen LogP contribution in [0, 0.1) is 20.2 Å². The summed E-state index contributed by atoms with van der Waals surface area (Å²) in [5, 5.41) is 24.3. The third kappa shape index (κ3) is 2.71. The van der Waals surface area contributed by atoms with Crippen LogP contribution in [-0.2, 0) is 6.54 Å². The summed E-state index contributed by atoms with van der Waals surface area (Å²) in [7, 11) is 1.70. The van der Waals surface area contributed by atoms with Crippen molar-refractivity contribution in [3.8, 4) is 0 Å². The molecule has 9 heteroatoms. The number of rotatable bonds is 5. The summed E-state index contributed by atoms with van der Waals surface area (Å²) in [6.45, 7) is 0.249. The number of aromatic nitrogens is 2. The van der Waals surface area contributed by atoms with Gasteiger partial charge >= 0.3 is 5.82 Å². The molecule has 0 fully saturated rings. The van der Waals surface area contributed by atoms with Crippen molar-refractivity contribution in [1.82, 2.24) is 9.55 Å². The fourth-order valence-corrected chi connectivity index (χ4v) is 1.79. The van der Waals surface area contributed by atoms with E-state index in [0.29, 0.717) is 11.3 Å². The fourth-order valence-electron chi connectivity index (χ4n) is 1.79. The van der Waals surface area contributed by atoms with Gasteiger partial charge in [-0.3, -0.25) is 10.1 Å². The van der Waals surface area contributed by atoms with Gasteiger partial charge in [-0.1, -0.05) is 0 Å². The van der Waals surface area contributed by atoms with Gasteiger partial charge in [0, 0.05) is 30.4 Å². The number of imidazole rings is 1. The van der Waals surface area contributed by atoms with E-state index >= 15 is 0 Å². The third-order valence-corrected chi connectivity index (χ3v) is 2.73. The number of nitro benzene ring substituents is 1. The highest BCUT2D eigenvalue weighted by Gasteiger charge is 2.14. The van der Waals surface area contributed by atoms with Gasteiger partial charge < -0.3 is 20.0 Å². The second-order valence-corrected chi connectivity index (χ2v) is 4.01. The van der Waals surface area contributed by atoms with Crippen LogP contribution in [0.1, 0.15) is 5.56 Å². The Balaban J connectivity index is 2.32. The monoisotopic (exact) mass is 277 g/mol.